The van der Waals surface area contributed by atoms with E-state index in [1.54, 1.807) is 6.07 Å². The van der Waals surface area contributed by atoms with Gasteiger partial charge in [0.2, 0.25) is 0 Å². The van der Waals surface area contributed by atoms with Crippen LogP contribution in [-0.4, -0.2) is 22.7 Å². The van der Waals surface area contributed by atoms with Crippen LogP contribution in [0, 0.1) is 0 Å². The van der Waals surface area contributed by atoms with Gasteiger partial charge in [0.05, 0.1) is 5.56 Å². The Morgan fingerprint density at radius 3 is 1.29 bits per heavy atom. The fraction of sp³-hybridized carbons (Fsp3) is 0.811. The summed E-state index contributed by atoms with van der Waals surface area (Å²) in [4.78, 5) is 12.6. The van der Waals surface area contributed by atoms with E-state index in [1.807, 2.05) is 0 Å². The molecule has 1 amide bonds. The quantitative estimate of drug-likeness (QED) is 0.0659. The molecule has 0 saturated carbocycles. The van der Waals surface area contributed by atoms with Gasteiger partial charge in [0.25, 0.3) is 5.91 Å². The number of rotatable bonds is 29. The maximum Gasteiger partial charge on any atom is 0.255 e. The fourth-order valence-corrected chi connectivity index (χ4v) is 5.78. The van der Waals surface area contributed by atoms with Crippen LogP contribution in [0.15, 0.2) is 12.1 Å². The third-order valence-corrected chi connectivity index (χ3v) is 8.56. The topological polar surface area (TPSA) is 69.6 Å². The smallest absolute Gasteiger partial charge is 0.255 e. The lowest BCUT2D eigenvalue weighted by atomic mass is 10.0. The van der Waals surface area contributed by atoms with Crippen molar-refractivity contribution < 1.29 is 15.0 Å². The summed E-state index contributed by atoms with van der Waals surface area (Å²) in [6.07, 6.45) is 34.6. The van der Waals surface area contributed by atoms with Gasteiger partial charge >= 0.3 is 0 Å². The Balaban J connectivity index is 2.06. The molecule has 0 radical (unpaired) electrons. The maximum atomic E-state index is 12.6. The standard InChI is InChI=1S/C37H67NO3/c1-3-5-7-9-11-13-15-17-19-21-23-25-27-29-33-31-36(40)34(32-35(33)39)37(41)38-30-28-26-24-22-20-18-16-14-12-10-8-6-4-2/h31-32,39-40H,3-30H2,1-2H3,(H,38,41). The number of benzene rings is 1. The molecule has 0 unspecified atom stereocenters. The minimum atomic E-state index is -0.302. The highest BCUT2D eigenvalue weighted by atomic mass is 16.3. The first-order valence-electron chi connectivity index (χ1n) is 17.9. The summed E-state index contributed by atoms with van der Waals surface area (Å²) in [5, 5.41) is 23.8. The van der Waals surface area contributed by atoms with Gasteiger partial charge in [-0.2, -0.15) is 0 Å². The zero-order valence-corrected chi connectivity index (χ0v) is 27.3. The molecule has 0 saturated heterocycles. The van der Waals surface area contributed by atoms with Gasteiger partial charge in [-0.15, -0.1) is 0 Å². The van der Waals surface area contributed by atoms with Gasteiger partial charge in [-0.05, 0) is 37.0 Å². The molecule has 3 N–H and O–H groups in total. The highest BCUT2D eigenvalue weighted by molar-refractivity contribution is 5.97. The number of hydrogen-bond acceptors (Lipinski definition) is 3. The van der Waals surface area contributed by atoms with Crippen LogP contribution in [-0.2, 0) is 6.42 Å². The SMILES string of the molecule is CCCCCCCCCCCCCCCNC(=O)c1cc(O)c(CCCCCCCCCCCCCCC)cc1O. The number of phenolic OH excluding ortho intramolecular Hbond substituents is 2. The second-order valence-corrected chi connectivity index (χ2v) is 12.5. The summed E-state index contributed by atoms with van der Waals surface area (Å²) < 4.78 is 0. The number of phenols is 2. The van der Waals surface area contributed by atoms with E-state index in [9.17, 15) is 15.0 Å². The lowest BCUT2D eigenvalue weighted by molar-refractivity contribution is 0.0949. The molecule has 0 spiro atoms. The highest BCUT2D eigenvalue weighted by Gasteiger charge is 2.15. The molecular formula is C37H67NO3. The van der Waals surface area contributed by atoms with E-state index < -0.39 is 0 Å². The van der Waals surface area contributed by atoms with Crippen molar-refractivity contribution >= 4 is 5.91 Å². The van der Waals surface area contributed by atoms with Crippen molar-refractivity contribution in [2.24, 2.45) is 0 Å². The Bertz CT molecular complexity index is 748. The monoisotopic (exact) mass is 574 g/mol. The first kappa shape index (κ1) is 37.3. The molecule has 0 aromatic heterocycles. The van der Waals surface area contributed by atoms with Crippen molar-refractivity contribution in [2.45, 2.75) is 187 Å². The summed E-state index contributed by atoms with van der Waals surface area (Å²) >= 11 is 0. The molecule has 1 aromatic rings. The van der Waals surface area contributed by atoms with Crippen LogP contribution >= 0.6 is 0 Å². The van der Waals surface area contributed by atoms with Crippen LogP contribution in [0.3, 0.4) is 0 Å². The molecule has 0 fully saturated rings. The number of aryl methyl sites for hydroxylation is 1. The molecule has 238 valence electrons. The summed E-state index contributed by atoms with van der Waals surface area (Å²) in [5.41, 5.74) is 0.907. The number of amides is 1. The highest BCUT2D eigenvalue weighted by Crippen LogP contribution is 2.29. The molecule has 0 aliphatic carbocycles. The van der Waals surface area contributed by atoms with Crippen LogP contribution in [0.1, 0.15) is 197 Å². The van der Waals surface area contributed by atoms with Crippen LogP contribution < -0.4 is 5.32 Å². The molecular weight excluding hydrogens is 506 g/mol. The number of unbranched alkanes of at least 4 members (excludes halogenated alkanes) is 24. The molecule has 4 nitrogen and oxygen atoms in total. The van der Waals surface area contributed by atoms with Crippen LogP contribution in [0.4, 0.5) is 0 Å². The second-order valence-electron chi connectivity index (χ2n) is 12.5. The van der Waals surface area contributed by atoms with Gasteiger partial charge < -0.3 is 15.5 Å². The summed E-state index contributed by atoms with van der Waals surface area (Å²) in [7, 11) is 0. The number of hydrogen-bond donors (Lipinski definition) is 3. The van der Waals surface area contributed by atoms with E-state index in [0.717, 1.165) is 37.7 Å². The van der Waals surface area contributed by atoms with E-state index in [-0.39, 0.29) is 23.0 Å². The zero-order chi connectivity index (χ0) is 29.8. The molecule has 0 aliphatic heterocycles. The third kappa shape index (κ3) is 20.8. The van der Waals surface area contributed by atoms with Crippen molar-refractivity contribution in [1.29, 1.82) is 0 Å². The Morgan fingerprint density at radius 2 is 0.878 bits per heavy atom. The predicted molar refractivity (Wildman–Crippen MR) is 177 cm³/mol. The number of nitrogens with one attached hydrogen (secondary N) is 1. The minimum Gasteiger partial charge on any atom is -0.508 e. The fourth-order valence-electron chi connectivity index (χ4n) is 5.78. The number of aromatic hydroxyl groups is 2. The van der Waals surface area contributed by atoms with Crippen molar-refractivity contribution in [3.63, 3.8) is 0 Å². The largest absolute Gasteiger partial charge is 0.508 e. The Kier molecular flexibility index (Phi) is 24.7. The van der Waals surface area contributed by atoms with Crippen molar-refractivity contribution in [1.82, 2.24) is 5.32 Å². The summed E-state index contributed by atoms with van der Waals surface area (Å²) in [6.45, 7) is 5.14. The van der Waals surface area contributed by atoms with Crippen molar-refractivity contribution in [3.8, 4) is 11.5 Å². The van der Waals surface area contributed by atoms with E-state index >= 15 is 0 Å². The molecule has 0 heterocycles. The molecule has 1 rings (SSSR count). The lowest BCUT2D eigenvalue weighted by Crippen LogP contribution is -2.24. The Hall–Kier alpha value is -1.71. The lowest BCUT2D eigenvalue weighted by Gasteiger charge is -2.11. The van der Waals surface area contributed by atoms with Gasteiger partial charge in [-0.1, -0.05) is 168 Å². The second kappa shape index (κ2) is 27.1. The normalized spacial score (nSPS) is 11.3. The average Bonchev–Trinajstić information content (AvgIpc) is 2.97. The molecule has 0 aliphatic rings. The van der Waals surface area contributed by atoms with E-state index in [1.165, 1.54) is 147 Å². The predicted octanol–water partition coefficient (Wildman–Crippen LogP) is 11.6. The molecule has 1 aromatic carbocycles. The van der Waals surface area contributed by atoms with Crippen LogP contribution in [0.2, 0.25) is 0 Å². The molecule has 0 atom stereocenters. The zero-order valence-electron chi connectivity index (χ0n) is 27.3. The number of carbonyl (C=O) groups is 1. The molecule has 0 bridgehead atoms. The van der Waals surface area contributed by atoms with E-state index in [0.29, 0.717) is 6.54 Å². The summed E-state index contributed by atoms with van der Waals surface area (Å²) in [5.74, 6) is -0.215. The van der Waals surface area contributed by atoms with Gasteiger partial charge in [-0.3, -0.25) is 4.79 Å². The number of carbonyl (C=O) groups excluding carboxylic acids is 1. The first-order chi connectivity index (χ1) is 20.1. The average molecular weight is 574 g/mol. The minimum absolute atomic E-state index is 0.0321. The third-order valence-electron chi connectivity index (χ3n) is 8.56. The van der Waals surface area contributed by atoms with E-state index in [2.05, 4.69) is 19.2 Å². The van der Waals surface area contributed by atoms with Crippen LogP contribution in [0.25, 0.3) is 0 Å². The molecule has 4 heteroatoms. The van der Waals surface area contributed by atoms with Gasteiger partial charge in [-0.25, -0.2) is 0 Å². The Morgan fingerprint density at radius 1 is 0.512 bits per heavy atom. The Labute approximate surface area is 254 Å². The van der Waals surface area contributed by atoms with Crippen molar-refractivity contribution in [2.75, 3.05) is 6.54 Å². The summed E-state index contributed by atoms with van der Waals surface area (Å²) in [6, 6.07) is 3.02. The van der Waals surface area contributed by atoms with E-state index in [4.69, 9.17) is 0 Å². The van der Waals surface area contributed by atoms with Gasteiger partial charge in [0.15, 0.2) is 0 Å². The van der Waals surface area contributed by atoms with Crippen LogP contribution in [0.5, 0.6) is 11.5 Å². The maximum absolute atomic E-state index is 12.6. The molecule has 41 heavy (non-hydrogen) atoms. The van der Waals surface area contributed by atoms with Gasteiger partial charge in [0, 0.05) is 6.54 Å². The van der Waals surface area contributed by atoms with Crippen molar-refractivity contribution in [3.05, 3.63) is 23.3 Å². The first-order valence-corrected chi connectivity index (χ1v) is 17.9. The van der Waals surface area contributed by atoms with Gasteiger partial charge in [0.1, 0.15) is 11.5 Å².